The van der Waals surface area contributed by atoms with Gasteiger partial charge in [0.15, 0.2) is 11.6 Å². The maximum absolute atomic E-state index is 14.3. The van der Waals surface area contributed by atoms with Crippen LogP contribution in [0.25, 0.3) is 0 Å². The smallest absolute Gasteiger partial charge is 0.310 e. The summed E-state index contributed by atoms with van der Waals surface area (Å²) in [4.78, 5) is 11.8. The fraction of sp³-hybridized carbons (Fsp3) is 0.562. The molecule has 108 valence electrons. The fourth-order valence-corrected chi connectivity index (χ4v) is 4.19. The fourth-order valence-electron chi connectivity index (χ4n) is 4.19. The first-order chi connectivity index (χ1) is 9.56. The van der Waals surface area contributed by atoms with Crippen molar-refractivity contribution in [2.45, 2.75) is 32.1 Å². The van der Waals surface area contributed by atoms with Crippen LogP contribution in [-0.2, 0) is 11.2 Å². The standard InChI is InChI=1S/C16H19FO3/c1-20-13-4-2-3-11(14(13)17)9-16(15(18)19)8-10-5-6-12(16)7-10/h2-4,10,12H,5-9H2,1H3,(H,18,19). The second-order valence-electron chi connectivity index (χ2n) is 6.15. The normalized spacial score (nSPS) is 31.5. The first-order valence-electron chi connectivity index (χ1n) is 7.11. The van der Waals surface area contributed by atoms with Crippen molar-refractivity contribution in [3.8, 4) is 5.75 Å². The Kier molecular flexibility index (Phi) is 3.19. The second kappa shape index (κ2) is 4.76. The summed E-state index contributed by atoms with van der Waals surface area (Å²) in [5.41, 5.74) is -0.324. The Morgan fingerprint density at radius 3 is 2.85 bits per heavy atom. The molecule has 2 aliphatic carbocycles. The van der Waals surface area contributed by atoms with Gasteiger partial charge in [-0.1, -0.05) is 18.6 Å². The molecule has 2 bridgehead atoms. The predicted octanol–water partition coefficient (Wildman–Crippen LogP) is 3.27. The lowest BCUT2D eigenvalue weighted by molar-refractivity contribution is -0.152. The van der Waals surface area contributed by atoms with Crippen LogP contribution < -0.4 is 4.74 Å². The zero-order valence-corrected chi connectivity index (χ0v) is 11.6. The molecule has 0 aliphatic heterocycles. The van der Waals surface area contributed by atoms with Gasteiger partial charge in [-0.15, -0.1) is 0 Å². The molecule has 3 rings (SSSR count). The lowest BCUT2D eigenvalue weighted by Gasteiger charge is -2.33. The van der Waals surface area contributed by atoms with Crippen LogP contribution in [0.3, 0.4) is 0 Å². The molecule has 2 saturated carbocycles. The van der Waals surface area contributed by atoms with Crippen LogP contribution in [0.4, 0.5) is 4.39 Å². The van der Waals surface area contributed by atoms with Gasteiger partial charge >= 0.3 is 5.97 Å². The van der Waals surface area contributed by atoms with Gasteiger partial charge in [0.25, 0.3) is 0 Å². The number of hydrogen-bond acceptors (Lipinski definition) is 2. The van der Waals surface area contributed by atoms with E-state index in [1.54, 1.807) is 18.2 Å². The van der Waals surface area contributed by atoms with E-state index in [-0.39, 0.29) is 18.1 Å². The van der Waals surface area contributed by atoms with Gasteiger partial charge in [-0.2, -0.15) is 0 Å². The molecule has 2 fully saturated rings. The van der Waals surface area contributed by atoms with Gasteiger partial charge in [0.05, 0.1) is 12.5 Å². The topological polar surface area (TPSA) is 46.5 Å². The average molecular weight is 278 g/mol. The minimum absolute atomic E-state index is 0.186. The minimum Gasteiger partial charge on any atom is -0.494 e. The van der Waals surface area contributed by atoms with E-state index in [9.17, 15) is 14.3 Å². The van der Waals surface area contributed by atoms with Gasteiger partial charge in [-0.3, -0.25) is 4.79 Å². The van der Waals surface area contributed by atoms with E-state index in [2.05, 4.69) is 0 Å². The molecule has 0 spiro atoms. The molecular weight excluding hydrogens is 259 g/mol. The molecule has 0 heterocycles. The summed E-state index contributed by atoms with van der Waals surface area (Å²) in [5.74, 6) is -0.308. The maximum Gasteiger partial charge on any atom is 0.310 e. The summed E-state index contributed by atoms with van der Waals surface area (Å²) in [7, 11) is 1.42. The number of carbonyl (C=O) groups is 1. The SMILES string of the molecule is COc1cccc(CC2(C(=O)O)CC3CCC2C3)c1F. The average Bonchev–Trinajstić information content (AvgIpc) is 3.02. The molecule has 0 aromatic heterocycles. The number of carboxylic acid groups (broad SMARTS) is 1. The number of fused-ring (bicyclic) bond motifs is 2. The van der Waals surface area contributed by atoms with Crippen molar-refractivity contribution in [3.05, 3.63) is 29.6 Å². The lowest BCUT2D eigenvalue weighted by atomic mass is 9.69. The van der Waals surface area contributed by atoms with Crippen LogP contribution in [0, 0.1) is 23.1 Å². The highest BCUT2D eigenvalue weighted by Gasteiger charge is 2.55. The van der Waals surface area contributed by atoms with Gasteiger partial charge in [0, 0.05) is 0 Å². The van der Waals surface area contributed by atoms with Gasteiger partial charge in [0.2, 0.25) is 0 Å². The van der Waals surface area contributed by atoms with Crippen LogP contribution >= 0.6 is 0 Å². The van der Waals surface area contributed by atoms with Crippen molar-refractivity contribution >= 4 is 5.97 Å². The zero-order valence-electron chi connectivity index (χ0n) is 11.6. The molecule has 3 unspecified atom stereocenters. The van der Waals surface area contributed by atoms with E-state index in [0.717, 1.165) is 19.3 Å². The first kappa shape index (κ1) is 13.4. The predicted molar refractivity (Wildman–Crippen MR) is 72.2 cm³/mol. The van der Waals surface area contributed by atoms with Crippen LogP contribution in [0.15, 0.2) is 18.2 Å². The van der Waals surface area contributed by atoms with Gasteiger partial charge in [-0.25, -0.2) is 4.39 Å². The van der Waals surface area contributed by atoms with Crippen molar-refractivity contribution in [1.82, 2.24) is 0 Å². The highest BCUT2D eigenvalue weighted by Crippen LogP contribution is 2.57. The summed E-state index contributed by atoms with van der Waals surface area (Å²) in [6.45, 7) is 0. The van der Waals surface area contributed by atoms with Crippen LogP contribution in [0.1, 0.15) is 31.2 Å². The number of carboxylic acids is 1. The maximum atomic E-state index is 14.3. The molecule has 3 atom stereocenters. The van der Waals surface area contributed by atoms with Gasteiger partial charge < -0.3 is 9.84 Å². The Morgan fingerprint density at radius 2 is 2.30 bits per heavy atom. The van der Waals surface area contributed by atoms with Gasteiger partial charge in [0.1, 0.15) is 0 Å². The Labute approximate surface area is 117 Å². The van der Waals surface area contributed by atoms with Crippen molar-refractivity contribution in [3.63, 3.8) is 0 Å². The summed E-state index contributed by atoms with van der Waals surface area (Å²) >= 11 is 0. The molecule has 4 heteroatoms. The quantitative estimate of drug-likeness (QED) is 0.919. The molecule has 0 amide bonds. The van der Waals surface area contributed by atoms with Crippen LogP contribution in [0.2, 0.25) is 0 Å². The third kappa shape index (κ3) is 1.89. The van der Waals surface area contributed by atoms with Crippen LogP contribution in [-0.4, -0.2) is 18.2 Å². The van der Waals surface area contributed by atoms with E-state index in [1.165, 1.54) is 7.11 Å². The van der Waals surface area contributed by atoms with Gasteiger partial charge in [-0.05, 0) is 49.1 Å². The lowest BCUT2D eigenvalue weighted by Crippen LogP contribution is -2.38. The van der Waals surface area contributed by atoms with Crippen molar-refractivity contribution < 1.29 is 19.0 Å². The molecule has 20 heavy (non-hydrogen) atoms. The summed E-state index contributed by atoms with van der Waals surface area (Å²) in [5, 5.41) is 9.71. The number of ether oxygens (including phenoxy) is 1. The molecule has 2 aliphatic rings. The zero-order chi connectivity index (χ0) is 14.3. The second-order valence-corrected chi connectivity index (χ2v) is 6.15. The molecule has 1 aromatic carbocycles. The number of rotatable bonds is 4. The highest BCUT2D eigenvalue weighted by molar-refractivity contribution is 5.76. The third-order valence-corrected chi connectivity index (χ3v) is 5.17. The summed E-state index contributed by atoms with van der Waals surface area (Å²) < 4.78 is 19.3. The molecule has 3 nitrogen and oxygen atoms in total. The molecular formula is C16H19FO3. The van der Waals surface area contributed by atoms with Crippen molar-refractivity contribution in [2.75, 3.05) is 7.11 Å². The Hall–Kier alpha value is -1.58. The number of aliphatic carboxylic acids is 1. The number of hydrogen-bond donors (Lipinski definition) is 1. The largest absolute Gasteiger partial charge is 0.494 e. The number of halogens is 1. The monoisotopic (exact) mass is 278 g/mol. The van der Waals surface area contributed by atoms with E-state index >= 15 is 0 Å². The van der Waals surface area contributed by atoms with Crippen molar-refractivity contribution in [1.29, 1.82) is 0 Å². The first-order valence-corrected chi connectivity index (χ1v) is 7.11. The highest BCUT2D eigenvalue weighted by atomic mass is 19.1. The molecule has 0 radical (unpaired) electrons. The third-order valence-electron chi connectivity index (χ3n) is 5.17. The van der Waals surface area contributed by atoms with Crippen molar-refractivity contribution in [2.24, 2.45) is 17.3 Å². The number of methoxy groups -OCH3 is 1. The Bertz CT molecular complexity index is 543. The Morgan fingerprint density at radius 1 is 1.50 bits per heavy atom. The van der Waals surface area contributed by atoms with E-state index < -0.39 is 17.2 Å². The van der Waals surface area contributed by atoms with E-state index in [0.29, 0.717) is 17.9 Å². The molecule has 1 aromatic rings. The molecule has 1 N–H and O–H groups in total. The van der Waals surface area contributed by atoms with E-state index in [4.69, 9.17) is 4.74 Å². The Balaban J connectivity index is 1.94. The summed E-state index contributed by atoms with van der Waals surface area (Å²) in [6, 6.07) is 4.96. The minimum atomic E-state index is -0.782. The number of benzene rings is 1. The van der Waals surface area contributed by atoms with Crippen LogP contribution in [0.5, 0.6) is 5.75 Å². The summed E-state index contributed by atoms with van der Waals surface area (Å²) in [6.07, 6.45) is 4.02. The van der Waals surface area contributed by atoms with E-state index in [1.807, 2.05) is 0 Å². The molecule has 0 saturated heterocycles.